The summed E-state index contributed by atoms with van der Waals surface area (Å²) in [4.78, 5) is 9.39. The minimum absolute atomic E-state index is 0.393. The highest BCUT2D eigenvalue weighted by Gasteiger charge is 2.43. The quantitative estimate of drug-likeness (QED) is 0.311. The van der Waals surface area contributed by atoms with Crippen LogP contribution in [0.15, 0.2) is 36.4 Å². The molecule has 0 heterocycles. The first-order valence-corrected chi connectivity index (χ1v) is 5.94. The van der Waals surface area contributed by atoms with E-state index in [0.717, 1.165) is 5.56 Å². The normalized spacial score (nSPS) is 26.4. The lowest BCUT2D eigenvalue weighted by Crippen LogP contribution is -2.06. The Morgan fingerprint density at radius 2 is 1.69 bits per heavy atom. The lowest BCUT2D eigenvalue weighted by atomic mass is 9.88. The maximum Gasteiger partial charge on any atom is 0.322 e. The van der Waals surface area contributed by atoms with E-state index >= 15 is 0 Å². The molecule has 2 unspecified atom stereocenters. The topological polar surface area (TPSA) is 21.4 Å². The van der Waals surface area contributed by atoms with Crippen molar-refractivity contribution in [2.45, 2.75) is 19.8 Å². The van der Waals surface area contributed by atoms with E-state index in [9.17, 15) is 4.79 Å². The fourth-order valence-electron chi connectivity index (χ4n) is 2.95. The molecule has 16 heavy (non-hydrogen) atoms. The largest absolute Gasteiger partial charge is 0.322 e. The average molecular weight is 212 g/mol. The molecule has 1 N–H and O–H groups in total. The van der Waals surface area contributed by atoms with Crippen LogP contribution in [0.4, 0.5) is 0 Å². The van der Waals surface area contributed by atoms with Crippen molar-refractivity contribution in [3.63, 3.8) is 0 Å². The Hall–Kier alpha value is -1.50. The molecule has 2 aliphatic rings. The summed E-state index contributed by atoms with van der Waals surface area (Å²) in [5, 5.41) is 0. The van der Waals surface area contributed by atoms with Crippen LogP contribution in [0.3, 0.4) is 0 Å². The Labute approximate surface area is 96.2 Å². The van der Waals surface area contributed by atoms with Crippen LogP contribution < -0.4 is 0 Å². The number of rotatable bonds is 2. The summed E-state index contributed by atoms with van der Waals surface area (Å²) in [5.41, 5.74) is 2.27. The smallest absolute Gasteiger partial charge is 0.278 e. The highest BCUT2D eigenvalue weighted by molar-refractivity contribution is 5.94. The Morgan fingerprint density at radius 3 is 2.12 bits per heavy atom. The Balaban J connectivity index is 1.88. The second-order valence-corrected chi connectivity index (χ2v) is 4.79. The van der Waals surface area contributed by atoms with Gasteiger partial charge < -0.3 is 0 Å². The van der Waals surface area contributed by atoms with Crippen LogP contribution in [-0.2, 0) is 0 Å². The fraction of sp³-hybridized carbons (Fsp3) is 0.333. The molecule has 2 atom stereocenters. The molecule has 1 fully saturated rings. The van der Waals surface area contributed by atoms with Crippen LogP contribution in [0.2, 0.25) is 0 Å². The third-order valence-electron chi connectivity index (χ3n) is 3.80. The predicted molar refractivity (Wildman–Crippen MR) is 65.9 cm³/mol. The van der Waals surface area contributed by atoms with Gasteiger partial charge in [-0.2, -0.15) is 0 Å². The molecule has 1 heteroatoms. The summed E-state index contributed by atoms with van der Waals surface area (Å²) < 4.78 is 0. The van der Waals surface area contributed by atoms with Crippen LogP contribution in [0, 0.1) is 17.8 Å². The van der Waals surface area contributed by atoms with Gasteiger partial charge in [-0.05, 0) is 12.8 Å². The summed E-state index contributed by atoms with van der Waals surface area (Å²) in [5.74, 6) is 3.33. The summed E-state index contributed by atoms with van der Waals surface area (Å²) in [7, 11) is 0. The van der Waals surface area contributed by atoms with Crippen molar-refractivity contribution in [3.05, 3.63) is 53.5 Å². The first kappa shape index (κ1) is 9.71. The van der Waals surface area contributed by atoms with Crippen molar-refractivity contribution < 1.29 is 4.79 Å². The van der Waals surface area contributed by atoms with Gasteiger partial charge in [0.05, 0.1) is 12.5 Å². The molecule has 2 bridgehead atoms. The van der Waals surface area contributed by atoms with Gasteiger partial charge in [-0.1, -0.05) is 12.2 Å². The molecular formula is C15H16O+2. The van der Waals surface area contributed by atoms with Crippen molar-refractivity contribution in [1.82, 2.24) is 0 Å². The number of hydrogen-bond donors (Lipinski definition) is 0. The number of carbonyl (C=O) groups excluding carboxylic acids is 1. The molecule has 1 aromatic carbocycles. The third kappa shape index (κ3) is 1.39. The summed E-state index contributed by atoms with van der Waals surface area (Å²) in [6.45, 7) is 1.73. The maximum absolute atomic E-state index is 9.39. The highest BCUT2D eigenvalue weighted by atomic mass is 16.1. The van der Waals surface area contributed by atoms with E-state index in [4.69, 9.17) is 0 Å². The van der Waals surface area contributed by atoms with E-state index in [-0.39, 0.29) is 0 Å². The lowest BCUT2D eigenvalue weighted by Gasteiger charge is -2.08. The molecule has 0 saturated heterocycles. The number of ketones is 1. The zero-order chi connectivity index (χ0) is 11.1. The van der Waals surface area contributed by atoms with Gasteiger partial charge in [-0.25, -0.2) is 0 Å². The first-order valence-electron chi connectivity index (χ1n) is 5.94. The van der Waals surface area contributed by atoms with E-state index in [1.807, 2.05) is 12.1 Å². The van der Waals surface area contributed by atoms with Crippen molar-refractivity contribution >= 4 is 5.78 Å². The van der Waals surface area contributed by atoms with Crippen molar-refractivity contribution in [3.8, 4) is 0 Å². The van der Waals surface area contributed by atoms with Gasteiger partial charge in [-0.15, -0.1) is 0 Å². The maximum atomic E-state index is 9.39. The van der Waals surface area contributed by atoms with Gasteiger partial charge in [0.15, 0.2) is 0 Å². The number of fused-ring (bicyclic) bond motifs is 2. The monoisotopic (exact) mass is 212 g/mol. The third-order valence-corrected chi connectivity index (χ3v) is 3.80. The fourth-order valence-corrected chi connectivity index (χ4v) is 2.95. The first-order chi connectivity index (χ1) is 7.75. The number of benzene rings is 1. The summed E-state index contributed by atoms with van der Waals surface area (Å²) in [6, 6.07) is 8.30. The standard InChI is InChI=1S/C15H15O/c1-10(16)11-2-4-12(5-3-11)15-13-6-7-14(15)9-8-13/h2-7,13-14H,8-9H2,1H3/q+1/p+1. The second kappa shape index (κ2) is 3.51. The summed E-state index contributed by atoms with van der Waals surface area (Å²) in [6.07, 6.45) is 7.31. The lowest BCUT2D eigenvalue weighted by molar-refractivity contribution is 0.675. The molecule has 0 aliphatic heterocycles. The highest BCUT2D eigenvalue weighted by Crippen LogP contribution is 2.49. The molecule has 0 amide bonds. The zero-order valence-electron chi connectivity index (χ0n) is 9.48. The van der Waals surface area contributed by atoms with Crippen LogP contribution in [0.5, 0.6) is 0 Å². The van der Waals surface area contributed by atoms with Crippen molar-refractivity contribution in [2.75, 3.05) is 0 Å². The van der Waals surface area contributed by atoms with Gasteiger partial charge in [0.25, 0.3) is 0 Å². The van der Waals surface area contributed by atoms with E-state index in [1.165, 1.54) is 18.4 Å². The second-order valence-electron chi connectivity index (χ2n) is 4.79. The Bertz CT molecular complexity index is 427. The molecule has 2 aliphatic carbocycles. The minimum atomic E-state index is 0.393. The molecule has 80 valence electrons. The van der Waals surface area contributed by atoms with Crippen LogP contribution in [-0.4, -0.2) is 10.6 Å². The molecule has 1 aromatic rings. The van der Waals surface area contributed by atoms with Gasteiger partial charge in [0.1, 0.15) is 5.56 Å². The van der Waals surface area contributed by atoms with Crippen molar-refractivity contribution in [2.24, 2.45) is 11.8 Å². The van der Waals surface area contributed by atoms with E-state index in [1.54, 1.807) is 12.8 Å². The molecular weight excluding hydrogens is 196 g/mol. The predicted octanol–water partition coefficient (Wildman–Crippen LogP) is 3.12. The van der Waals surface area contributed by atoms with Crippen molar-refractivity contribution in [1.29, 1.82) is 0 Å². The zero-order valence-corrected chi connectivity index (χ0v) is 9.48. The average Bonchev–Trinajstić information content (AvgIpc) is 2.88. The number of allylic oxidation sites excluding steroid dienone is 2. The molecule has 0 aromatic heterocycles. The van der Waals surface area contributed by atoms with E-state index < -0.39 is 0 Å². The molecule has 1 nitrogen and oxygen atoms in total. The van der Waals surface area contributed by atoms with Crippen LogP contribution >= 0.6 is 0 Å². The van der Waals surface area contributed by atoms with Gasteiger partial charge in [0.2, 0.25) is 0 Å². The molecule has 0 radical (unpaired) electrons. The van der Waals surface area contributed by atoms with Crippen LogP contribution in [0.25, 0.3) is 0 Å². The van der Waals surface area contributed by atoms with Gasteiger partial charge >= 0.3 is 5.78 Å². The van der Waals surface area contributed by atoms with Gasteiger partial charge in [-0.3, -0.25) is 4.79 Å². The Morgan fingerprint density at radius 1 is 1.12 bits per heavy atom. The van der Waals surface area contributed by atoms with Gasteiger partial charge in [0, 0.05) is 42.0 Å². The van der Waals surface area contributed by atoms with E-state index in [0.29, 0.717) is 17.6 Å². The molecule has 0 spiro atoms. The minimum Gasteiger partial charge on any atom is -0.278 e. The Kier molecular flexibility index (Phi) is 2.13. The number of hydrogen-bond acceptors (Lipinski definition) is 0. The molecule has 1 saturated carbocycles. The summed E-state index contributed by atoms with van der Waals surface area (Å²) >= 11 is 0. The SMILES string of the molecule is CC(=[OH+])c1ccc([C+]2C3C=CC2CC3)cc1. The van der Waals surface area contributed by atoms with Crippen LogP contribution in [0.1, 0.15) is 30.9 Å². The molecule has 3 rings (SSSR count). The van der Waals surface area contributed by atoms with E-state index in [2.05, 4.69) is 24.3 Å².